The lowest BCUT2D eigenvalue weighted by Gasteiger charge is -1.88. The van der Waals surface area contributed by atoms with E-state index in [1.165, 1.54) is 6.33 Å². The van der Waals surface area contributed by atoms with Crippen LogP contribution in [0.4, 0.5) is 0 Å². The molecule has 0 bridgehead atoms. The van der Waals surface area contributed by atoms with Crippen LogP contribution in [0, 0.1) is 5.92 Å². The third-order valence-corrected chi connectivity index (χ3v) is 1.46. The summed E-state index contributed by atoms with van der Waals surface area (Å²) in [7, 11) is 1.70. The zero-order chi connectivity index (χ0) is 12.3. The standard InChI is InChI=1S/C6H6N4O.C4H10/c1-10-3-9-5-4(10)6(11)8-2-7-5;1-4(2)3/h2-3H,1H3,(H,7,8,11);4H,1-3H3/i2D;. The number of aromatic nitrogens is 4. The Morgan fingerprint density at radius 2 is 2.07 bits per heavy atom. The van der Waals surface area contributed by atoms with Gasteiger partial charge in [-0.2, -0.15) is 0 Å². The normalized spacial score (nSPS) is 11.1. The smallest absolute Gasteiger partial charge is 0.276 e. The number of rotatable bonds is 0. The lowest BCUT2D eigenvalue weighted by atomic mass is 10.3. The second kappa shape index (κ2) is 4.72. The molecule has 0 spiro atoms. The highest BCUT2D eigenvalue weighted by Gasteiger charge is 2.02. The van der Waals surface area contributed by atoms with Crippen LogP contribution in [0.25, 0.3) is 11.2 Å². The molecule has 0 aromatic carbocycles. The predicted octanol–water partition coefficient (Wildman–Crippen LogP) is 1.32. The van der Waals surface area contributed by atoms with Crippen molar-refractivity contribution in [2.24, 2.45) is 13.0 Å². The van der Waals surface area contributed by atoms with Gasteiger partial charge in [0, 0.05) is 7.05 Å². The average molecular weight is 209 g/mol. The maximum absolute atomic E-state index is 11.2. The molecule has 0 atom stereocenters. The van der Waals surface area contributed by atoms with Crippen LogP contribution in [0.1, 0.15) is 22.1 Å². The fourth-order valence-electron chi connectivity index (χ4n) is 0.952. The molecule has 15 heavy (non-hydrogen) atoms. The number of aryl methyl sites for hydroxylation is 1. The van der Waals surface area contributed by atoms with E-state index >= 15 is 0 Å². The van der Waals surface area contributed by atoms with Crippen molar-refractivity contribution in [3.63, 3.8) is 0 Å². The Morgan fingerprint density at radius 3 is 2.67 bits per heavy atom. The van der Waals surface area contributed by atoms with Crippen LogP contribution in [0.5, 0.6) is 0 Å². The van der Waals surface area contributed by atoms with E-state index in [0.29, 0.717) is 11.2 Å². The molecule has 1 N–H and O–H groups in total. The first-order valence-electron chi connectivity index (χ1n) is 5.29. The first-order chi connectivity index (χ1) is 7.41. The highest BCUT2D eigenvalue weighted by Crippen LogP contribution is 1.99. The van der Waals surface area contributed by atoms with Gasteiger partial charge in [-0.3, -0.25) is 4.79 Å². The summed E-state index contributed by atoms with van der Waals surface area (Å²) in [5.41, 5.74) is 0.377. The van der Waals surface area contributed by atoms with E-state index in [-0.39, 0.29) is 11.9 Å². The van der Waals surface area contributed by atoms with Gasteiger partial charge in [0.1, 0.15) is 1.37 Å². The number of imidazole rings is 1. The molecule has 2 aromatic heterocycles. The molecule has 0 radical (unpaired) electrons. The molecule has 2 heterocycles. The lowest BCUT2D eigenvalue weighted by Crippen LogP contribution is -2.08. The molecule has 2 aromatic rings. The zero-order valence-corrected chi connectivity index (χ0v) is 9.40. The first kappa shape index (κ1) is 9.89. The minimum atomic E-state index is -0.329. The third kappa shape index (κ3) is 2.90. The van der Waals surface area contributed by atoms with Crippen molar-refractivity contribution in [1.29, 1.82) is 0 Å². The zero-order valence-electron chi connectivity index (χ0n) is 10.4. The molecule has 2 rings (SSSR count). The largest absolute Gasteiger partial charge is 0.328 e. The number of H-pyrrole nitrogens is 1. The van der Waals surface area contributed by atoms with Crippen molar-refractivity contribution in [2.75, 3.05) is 0 Å². The average Bonchev–Trinajstić information content (AvgIpc) is 2.46. The van der Waals surface area contributed by atoms with E-state index < -0.39 is 0 Å². The van der Waals surface area contributed by atoms with Gasteiger partial charge >= 0.3 is 0 Å². The summed E-state index contributed by atoms with van der Waals surface area (Å²) in [5.74, 6) is 0.833. The SMILES string of the molecule is CC(C)C.[2H]c1nc2ncn(C)c2c(=O)[nH]1. The molecule has 0 saturated heterocycles. The molecule has 0 unspecified atom stereocenters. The fourth-order valence-corrected chi connectivity index (χ4v) is 0.952. The van der Waals surface area contributed by atoms with E-state index in [2.05, 4.69) is 35.7 Å². The van der Waals surface area contributed by atoms with Gasteiger partial charge < -0.3 is 9.55 Å². The van der Waals surface area contributed by atoms with Crippen LogP contribution >= 0.6 is 0 Å². The van der Waals surface area contributed by atoms with Crippen molar-refractivity contribution in [3.05, 3.63) is 23.0 Å². The van der Waals surface area contributed by atoms with Crippen LogP contribution < -0.4 is 5.56 Å². The Labute approximate surface area is 89.6 Å². The van der Waals surface area contributed by atoms with Crippen molar-refractivity contribution in [3.8, 4) is 0 Å². The van der Waals surface area contributed by atoms with Crippen LogP contribution in [-0.2, 0) is 7.05 Å². The summed E-state index contributed by atoms with van der Waals surface area (Å²) in [6.07, 6.45) is 1.33. The Hall–Kier alpha value is -1.65. The molecule has 0 saturated carbocycles. The second-order valence-corrected chi connectivity index (χ2v) is 3.94. The van der Waals surface area contributed by atoms with Crippen LogP contribution in [-0.4, -0.2) is 19.5 Å². The quantitative estimate of drug-likeness (QED) is 0.711. The molecule has 5 heteroatoms. The van der Waals surface area contributed by atoms with Crippen molar-refractivity contribution >= 4 is 11.2 Å². The number of hydrogen-bond acceptors (Lipinski definition) is 3. The predicted molar refractivity (Wildman–Crippen MR) is 59.6 cm³/mol. The molecular formula is C10H16N4O. The van der Waals surface area contributed by atoms with Gasteiger partial charge in [0.25, 0.3) is 5.56 Å². The van der Waals surface area contributed by atoms with E-state index in [1.54, 1.807) is 11.6 Å². The molecule has 0 amide bonds. The summed E-state index contributed by atoms with van der Waals surface area (Å²) in [6.45, 7) is 6.50. The molecular weight excluding hydrogens is 192 g/mol. The number of nitrogens with zero attached hydrogens (tertiary/aromatic N) is 3. The molecule has 0 aliphatic heterocycles. The monoisotopic (exact) mass is 209 g/mol. The summed E-state index contributed by atoms with van der Waals surface area (Å²) < 4.78 is 8.68. The van der Waals surface area contributed by atoms with Gasteiger partial charge in [-0.25, -0.2) is 9.97 Å². The van der Waals surface area contributed by atoms with Gasteiger partial charge in [-0.15, -0.1) is 0 Å². The first-order valence-corrected chi connectivity index (χ1v) is 4.79. The van der Waals surface area contributed by atoms with Gasteiger partial charge in [0.15, 0.2) is 11.2 Å². The number of nitrogens with one attached hydrogen (secondary N) is 1. The van der Waals surface area contributed by atoms with E-state index in [4.69, 9.17) is 1.37 Å². The van der Waals surface area contributed by atoms with Crippen LogP contribution in [0.15, 0.2) is 17.4 Å². The van der Waals surface area contributed by atoms with Crippen LogP contribution in [0.2, 0.25) is 0 Å². The summed E-state index contributed by atoms with van der Waals surface area (Å²) in [5, 5.41) is 0. The minimum Gasteiger partial charge on any atom is -0.328 e. The third-order valence-electron chi connectivity index (χ3n) is 1.46. The Morgan fingerprint density at radius 1 is 1.47 bits per heavy atom. The number of hydrogen-bond donors (Lipinski definition) is 1. The highest BCUT2D eigenvalue weighted by atomic mass is 16.1. The minimum absolute atomic E-state index is 0.161. The van der Waals surface area contributed by atoms with Gasteiger partial charge in [0.05, 0.1) is 12.6 Å². The number of fused-ring (bicyclic) bond motifs is 1. The topological polar surface area (TPSA) is 63.6 Å². The Bertz CT molecular complexity index is 526. The molecule has 0 aliphatic rings. The fraction of sp³-hybridized carbons (Fsp3) is 0.500. The highest BCUT2D eigenvalue weighted by molar-refractivity contribution is 5.68. The summed E-state index contributed by atoms with van der Waals surface area (Å²) in [6, 6.07) is 0. The molecule has 5 nitrogen and oxygen atoms in total. The summed E-state index contributed by atoms with van der Waals surface area (Å²) in [4.78, 5) is 21.1. The molecule has 0 fully saturated rings. The van der Waals surface area contributed by atoms with E-state index in [1.807, 2.05) is 0 Å². The molecule has 0 aliphatic carbocycles. The Balaban J connectivity index is 0.000000280. The maximum Gasteiger partial charge on any atom is 0.276 e. The van der Waals surface area contributed by atoms with Crippen LogP contribution in [0.3, 0.4) is 0 Å². The van der Waals surface area contributed by atoms with Crippen molar-refractivity contribution in [1.82, 2.24) is 19.5 Å². The summed E-state index contributed by atoms with van der Waals surface area (Å²) >= 11 is 0. The number of aromatic amines is 1. The van der Waals surface area contributed by atoms with E-state index in [0.717, 1.165) is 5.92 Å². The van der Waals surface area contributed by atoms with Gasteiger partial charge in [0.2, 0.25) is 0 Å². The maximum atomic E-state index is 11.2. The molecule has 82 valence electrons. The second-order valence-electron chi connectivity index (χ2n) is 3.94. The lowest BCUT2D eigenvalue weighted by molar-refractivity contribution is 0.737. The van der Waals surface area contributed by atoms with Crippen molar-refractivity contribution < 1.29 is 1.37 Å². The Kier molecular flexibility index (Phi) is 3.11. The van der Waals surface area contributed by atoms with E-state index in [9.17, 15) is 4.79 Å². The van der Waals surface area contributed by atoms with Crippen molar-refractivity contribution in [2.45, 2.75) is 20.8 Å². The van der Waals surface area contributed by atoms with Gasteiger partial charge in [-0.05, 0) is 5.92 Å². The van der Waals surface area contributed by atoms with Gasteiger partial charge in [-0.1, -0.05) is 20.8 Å².